The molecule has 2 aliphatic rings. The minimum Gasteiger partial charge on any atom is -0.390 e. The summed E-state index contributed by atoms with van der Waals surface area (Å²) < 4.78 is 0. The van der Waals surface area contributed by atoms with Crippen molar-refractivity contribution in [1.29, 1.82) is 0 Å². The summed E-state index contributed by atoms with van der Waals surface area (Å²) in [5.74, 6) is 0.900. The number of carbonyl (C=O) groups excluding carboxylic acids is 1. The smallest absolute Gasteiger partial charge is 0.226 e. The Labute approximate surface area is 97.0 Å². The van der Waals surface area contributed by atoms with Crippen LogP contribution in [0.2, 0.25) is 0 Å². The normalized spacial score (nSPS) is 38.9. The van der Waals surface area contributed by atoms with E-state index in [4.69, 9.17) is 0 Å². The van der Waals surface area contributed by atoms with Gasteiger partial charge in [0.15, 0.2) is 0 Å². The SMILES string of the molecule is CC1CCCC1C(=O)N(C)[C@@H]1CNC[C@H]1O. The number of amides is 1. The average molecular weight is 226 g/mol. The summed E-state index contributed by atoms with van der Waals surface area (Å²) in [6.45, 7) is 3.47. The lowest BCUT2D eigenvalue weighted by Crippen LogP contribution is -2.47. The number of hydrogen-bond acceptors (Lipinski definition) is 3. The third-order valence-electron chi connectivity index (χ3n) is 4.17. The van der Waals surface area contributed by atoms with Crippen LogP contribution in [0.5, 0.6) is 0 Å². The highest BCUT2D eigenvalue weighted by Gasteiger charge is 2.37. The maximum atomic E-state index is 12.3. The molecule has 0 aromatic carbocycles. The van der Waals surface area contributed by atoms with Gasteiger partial charge in [0.05, 0.1) is 12.1 Å². The Morgan fingerprint density at radius 3 is 2.62 bits per heavy atom. The van der Waals surface area contributed by atoms with Gasteiger partial charge in [-0.1, -0.05) is 13.3 Å². The van der Waals surface area contributed by atoms with Crippen molar-refractivity contribution < 1.29 is 9.90 Å². The van der Waals surface area contributed by atoms with Gasteiger partial charge in [0.25, 0.3) is 0 Å². The zero-order valence-corrected chi connectivity index (χ0v) is 10.1. The maximum Gasteiger partial charge on any atom is 0.226 e. The molecule has 1 saturated heterocycles. The van der Waals surface area contributed by atoms with Crippen LogP contribution in [0.3, 0.4) is 0 Å². The largest absolute Gasteiger partial charge is 0.390 e. The number of aliphatic hydroxyl groups is 1. The van der Waals surface area contributed by atoms with Gasteiger partial charge in [-0.05, 0) is 18.8 Å². The molecular formula is C12H22N2O2. The van der Waals surface area contributed by atoms with Crippen molar-refractivity contribution in [2.24, 2.45) is 11.8 Å². The predicted octanol–water partition coefficient (Wildman–Crippen LogP) is 0.214. The molecule has 1 aliphatic heterocycles. The number of nitrogens with one attached hydrogen (secondary N) is 1. The standard InChI is InChI=1S/C12H22N2O2/c1-8-4-3-5-9(8)12(16)14(2)10-6-13-7-11(10)15/h8-11,13,15H,3-7H2,1-2H3/t8?,9?,10-,11-/m1/s1. The average Bonchev–Trinajstić information content (AvgIpc) is 2.85. The van der Waals surface area contributed by atoms with Gasteiger partial charge >= 0.3 is 0 Å². The van der Waals surface area contributed by atoms with Crippen LogP contribution < -0.4 is 5.32 Å². The number of β-amino-alcohol motifs (C(OH)–C–C–N with tert-alkyl or cyclic N) is 1. The molecule has 1 aliphatic carbocycles. The van der Waals surface area contributed by atoms with Crippen LogP contribution in [-0.4, -0.2) is 48.2 Å². The van der Waals surface area contributed by atoms with Crippen molar-refractivity contribution in [3.05, 3.63) is 0 Å². The minimum atomic E-state index is -0.411. The fraction of sp³-hybridized carbons (Fsp3) is 0.917. The first-order valence-electron chi connectivity index (χ1n) is 6.26. The number of hydrogen-bond donors (Lipinski definition) is 2. The Balaban J connectivity index is 1.98. The molecule has 16 heavy (non-hydrogen) atoms. The van der Waals surface area contributed by atoms with E-state index in [1.54, 1.807) is 4.90 Å². The summed E-state index contributed by atoms with van der Waals surface area (Å²) in [4.78, 5) is 14.0. The Kier molecular flexibility index (Phi) is 3.50. The highest BCUT2D eigenvalue weighted by atomic mass is 16.3. The third kappa shape index (κ3) is 2.09. The molecule has 2 N–H and O–H groups in total. The van der Waals surface area contributed by atoms with E-state index in [0.29, 0.717) is 19.0 Å². The van der Waals surface area contributed by atoms with Gasteiger partial charge in [-0.2, -0.15) is 0 Å². The molecule has 1 saturated carbocycles. The van der Waals surface area contributed by atoms with E-state index in [2.05, 4.69) is 12.2 Å². The Morgan fingerprint density at radius 1 is 1.38 bits per heavy atom. The number of rotatable bonds is 2. The molecule has 1 amide bonds. The lowest BCUT2D eigenvalue weighted by Gasteiger charge is -2.30. The van der Waals surface area contributed by atoms with Crippen LogP contribution in [0.1, 0.15) is 26.2 Å². The van der Waals surface area contributed by atoms with Crippen molar-refractivity contribution in [2.45, 2.75) is 38.3 Å². The quantitative estimate of drug-likeness (QED) is 0.708. The van der Waals surface area contributed by atoms with Gasteiger partial charge in [-0.15, -0.1) is 0 Å². The van der Waals surface area contributed by atoms with Crippen molar-refractivity contribution in [3.63, 3.8) is 0 Å². The molecule has 4 heteroatoms. The van der Waals surface area contributed by atoms with E-state index in [1.807, 2.05) is 7.05 Å². The zero-order chi connectivity index (χ0) is 11.7. The van der Waals surface area contributed by atoms with Crippen LogP contribution in [0.25, 0.3) is 0 Å². The zero-order valence-electron chi connectivity index (χ0n) is 10.1. The van der Waals surface area contributed by atoms with Gasteiger partial charge in [0.1, 0.15) is 0 Å². The molecule has 4 nitrogen and oxygen atoms in total. The molecule has 4 atom stereocenters. The van der Waals surface area contributed by atoms with E-state index in [-0.39, 0.29) is 17.9 Å². The highest BCUT2D eigenvalue weighted by Crippen LogP contribution is 2.32. The lowest BCUT2D eigenvalue weighted by atomic mass is 9.96. The highest BCUT2D eigenvalue weighted by molar-refractivity contribution is 5.79. The van der Waals surface area contributed by atoms with E-state index in [0.717, 1.165) is 19.3 Å². The Bertz CT molecular complexity index is 270. The molecule has 0 aromatic rings. The summed E-state index contributed by atoms with van der Waals surface area (Å²) in [5.41, 5.74) is 0. The van der Waals surface area contributed by atoms with Crippen molar-refractivity contribution in [3.8, 4) is 0 Å². The fourth-order valence-corrected chi connectivity index (χ4v) is 2.98. The van der Waals surface area contributed by atoms with E-state index < -0.39 is 6.10 Å². The second-order valence-electron chi connectivity index (χ2n) is 5.26. The molecule has 1 heterocycles. The molecule has 2 unspecified atom stereocenters. The molecule has 0 spiro atoms. The Hall–Kier alpha value is -0.610. The van der Waals surface area contributed by atoms with Gasteiger partial charge in [-0.3, -0.25) is 4.79 Å². The maximum absolute atomic E-state index is 12.3. The molecule has 0 radical (unpaired) electrons. The summed E-state index contributed by atoms with van der Waals surface area (Å²) in [7, 11) is 1.83. The van der Waals surface area contributed by atoms with E-state index in [9.17, 15) is 9.90 Å². The first kappa shape index (κ1) is 11.9. The van der Waals surface area contributed by atoms with Crippen LogP contribution in [0.4, 0.5) is 0 Å². The summed E-state index contributed by atoms with van der Waals surface area (Å²) in [5, 5.41) is 12.9. The minimum absolute atomic E-state index is 0.0414. The van der Waals surface area contributed by atoms with Crippen LogP contribution in [0, 0.1) is 11.8 Å². The second-order valence-corrected chi connectivity index (χ2v) is 5.26. The van der Waals surface area contributed by atoms with Crippen molar-refractivity contribution in [2.75, 3.05) is 20.1 Å². The van der Waals surface area contributed by atoms with Crippen molar-refractivity contribution in [1.82, 2.24) is 10.2 Å². The predicted molar refractivity (Wildman–Crippen MR) is 61.9 cm³/mol. The summed E-state index contributed by atoms with van der Waals surface area (Å²) in [6, 6.07) is -0.0414. The van der Waals surface area contributed by atoms with Crippen LogP contribution in [-0.2, 0) is 4.79 Å². The molecular weight excluding hydrogens is 204 g/mol. The number of nitrogens with zero attached hydrogens (tertiary/aromatic N) is 1. The van der Waals surface area contributed by atoms with Crippen molar-refractivity contribution >= 4 is 5.91 Å². The molecule has 2 rings (SSSR count). The first-order valence-corrected chi connectivity index (χ1v) is 6.26. The van der Waals surface area contributed by atoms with Crippen LogP contribution >= 0.6 is 0 Å². The molecule has 2 fully saturated rings. The van der Waals surface area contributed by atoms with E-state index >= 15 is 0 Å². The van der Waals surface area contributed by atoms with Gasteiger partial charge in [0, 0.05) is 26.1 Å². The fourth-order valence-electron chi connectivity index (χ4n) is 2.98. The first-order chi connectivity index (χ1) is 7.61. The number of carbonyl (C=O) groups is 1. The van der Waals surface area contributed by atoms with Gasteiger partial charge in [0.2, 0.25) is 5.91 Å². The molecule has 92 valence electrons. The third-order valence-corrected chi connectivity index (χ3v) is 4.17. The lowest BCUT2D eigenvalue weighted by molar-refractivity contribution is -0.138. The summed E-state index contributed by atoms with van der Waals surface area (Å²) in [6.07, 6.45) is 2.93. The topological polar surface area (TPSA) is 52.6 Å². The second kappa shape index (κ2) is 4.72. The molecule has 0 aromatic heterocycles. The van der Waals surface area contributed by atoms with Gasteiger partial charge in [-0.25, -0.2) is 0 Å². The number of likely N-dealkylation sites (N-methyl/N-ethyl adjacent to an activating group) is 1. The Morgan fingerprint density at radius 2 is 2.12 bits per heavy atom. The van der Waals surface area contributed by atoms with Crippen LogP contribution in [0.15, 0.2) is 0 Å². The van der Waals surface area contributed by atoms with Gasteiger partial charge < -0.3 is 15.3 Å². The molecule has 0 bridgehead atoms. The summed E-state index contributed by atoms with van der Waals surface area (Å²) >= 11 is 0. The monoisotopic (exact) mass is 226 g/mol. The van der Waals surface area contributed by atoms with E-state index in [1.165, 1.54) is 0 Å². The number of aliphatic hydroxyl groups excluding tert-OH is 1.